The molecule has 0 aliphatic heterocycles. The van der Waals surface area contributed by atoms with E-state index in [0.29, 0.717) is 6.42 Å². The number of alkyl carbamates (subject to hydrolysis) is 1. The Morgan fingerprint density at radius 3 is 2.57 bits per heavy atom. The van der Waals surface area contributed by atoms with Crippen LogP contribution in [0.15, 0.2) is 24.3 Å². The first-order chi connectivity index (χ1) is 9.81. The summed E-state index contributed by atoms with van der Waals surface area (Å²) in [7, 11) is 0. The van der Waals surface area contributed by atoms with Gasteiger partial charge in [-0.15, -0.1) is 0 Å². The molecule has 21 heavy (non-hydrogen) atoms. The zero-order valence-electron chi connectivity index (χ0n) is 12.9. The first-order valence-electron chi connectivity index (χ1n) is 6.93. The van der Waals surface area contributed by atoms with E-state index in [4.69, 9.17) is 9.47 Å². The van der Waals surface area contributed by atoms with Crippen LogP contribution in [0, 0.1) is 6.07 Å². The van der Waals surface area contributed by atoms with Gasteiger partial charge >= 0.3 is 12.1 Å². The summed E-state index contributed by atoms with van der Waals surface area (Å²) in [6.45, 7) is 7.26. The second kappa shape index (κ2) is 7.67. The van der Waals surface area contributed by atoms with E-state index in [0.717, 1.165) is 5.56 Å². The minimum Gasteiger partial charge on any atom is -0.464 e. The molecular formula is C16H22NO4. The van der Waals surface area contributed by atoms with Gasteiger partial charge in [0.1, 0.15) is 11.6 Å². The summed E-state index contributed by atoms with van der Waals surface area (Å²) >= 11 is 0. The van der Waals surface area contributed by atoms with Gasteiger partial charge in [0.05, 0.1) is 6.61 Å². The molecule has 1 aromatic rings. The topological polar surface area (TPSA) is 64.6 Å². The Balaban J connectivity index is 2.73. The third kappa shape index (κ3) is 6.79. The SMILES string of the molecule is CCOC(=O)[C@H](Cc1[c]cccc1)NC(=O)OC(C)(C)C. The van der Waals surface area contributed by atoms with Crippen molar-refractivity contribution >= 4 is 12.1 Å². The minimum atomic E-state index is -0.793. The molecule has 1 amide bonds. The number of carbonyl (C=O) groups excluding carboxylic acids is 2. The summed E-state index contributed by atoms with van der Waals surface area (Å²) in [5.41, 5.74) is 0.189. The lowest BCUT2D eigenvalue weighted by atomic mass is 10.1. The van der Waals surface area contributed by atoms with Crippen molar-refractivity contribution < 1.29 is 19.1 Å². The van der Waals surface area contributed by atoms with Crippen molar-refractivity contribution in [2.45, 2.75) is 45.8 Å². The molecule has 0 bridgehead atoms. The largest absolute Gasteiger partial charge is 0.464 e. The summed E-state index contributed by atoms with van der Waals surface area (Å²) in [4.78, 5) is 23.8. The van der Waals surface area contributed by atoms with Gasteiger partial charge < -0.3 is 14.8 Å². The van der Waals surface area contributed by atoms with Crippen molar-refractivity contribution in [3.05, 3.63) is 35.9 Å². The highest BCUT2D eigenvalue weighted by atomic mass is 16.6. The molecular weight excluding hydrogens is 270 g/mol. The van der Waals surface area contributed by atoms with Crippen molar-refractivity contribution in [2.24, 2.45) is 0 Å². The van der Waals surface area contributed by atoms with Crippen LogP contribution in [0.2, 0.25) is 0 Å². The number of esters is 1. The van der Waals surface area contributed by atoms with E-state index in [1.165, 1.54) is 0 Å². The molecule has 5 nitrogen and oxygen atoms in total. The molecule has 1 rings (SSSR count). The van der Waals surface area contributed by atoms with Crippen LogP contribution in [0.5, 0.6) is 0 Å². The van der Waals surface area contributed by atoms with Crippen LogP contribution in [0.1, 0.15) is 33.3 Å². The van der Waals surface area contributed by atoms with Gasteiger partial charge in [-0.3, -0.25) is 0 Å². The highest BCUT2D eigenvalue weighted by Crippen LogP contribution is 2.09. The van der Waals surface area contributed by atoms with Crippen molar-refractivity contribution in [3.63, 3.8) is 0 Å². The number of nitrogens with one attached hydrogen (secondary N) is 1. The van der Waals surface area contributed by atoms with Crippen LogP contribution in [-0.2, 0) is 20.7 Å². The van der Waals surface area contributed by atoms with Crippen molar-refractivity contribution in [1.82, 2.24) is 5.32 Å². The Morgan fingerprint density at radius 2 is 2.05 bits per heavy atom. The van der Waals surface area contributed by atoms with E-state index in [2.05, 4.69) is 11.4 Å². The van der Waals surface area contributed by atoms with E-state index in [-0.39, 0.29) is 6.61 Å². The molecule has 0 spiro atoms. The molecule has 0 aliphatic carbocycles. The maximum absolute atomic E-state index is 11.9. The number of rotatable bonds is 5. The van der Waals surface area contributed by atoms with E-state index < -0.39 is 23.7 Å². The molecule has 115 valence electrons. The number of hydrogen-bond acceptors (Lipinski definition) is 4. The Hall–Kier alpha value is -2.04. The third-order valence-corrected chi connectivity index (χ3v) is 2.46. The molecule has 1 aromatic carbocycles. The lowest BCUT2D eigenvalue weighted by Gasteiger charge is -2.22. The zero-order chi connectivity index (χ0) is 15.9. The number of amides is 1. The van der Waals surface area contributed by atoms with Gasteiger partial charge in [-0.05, 0) is 39.3 Å². The van der Waals surface area contributed by atoms with Crippen LogP contribution >= 0.6 is 0 Å². The third-order valence-electron chi connectivity index (χ3n) is 2.46. The predicted molar refractivity (Wildman–Crippen MR) is 78.8 cm³/mol. The maximum Gasteiger partial charge on any atom is 0.408 e. The molecule has 0 unspecified atom stereocenters. The molecule has 0 saturated carbocycles. The molecule has 0 saturated heterocycles. The Bertz CT molecular complexity index is 465. The summed E-state index contributed by atoms with van der Waals surface area (Å²) in [6.07, 6.45) is -0.338. The monoisotopic (exact) mass is 292 g/mol. The van der Waals surface area contributed by atoms with Crippen LogP contribution in [0.25, 0.3) is 0 Å². The van der Waals surface area contributed by atoms with Crippen molar-refractivity contribution in [3.8, 4) is 0 Å². The molecule has 1 atom stereocenters. The van der Waals surface area contributed by atoms with Gasteiger partial charge in [0.2, 0.25) is 0 Å². The molecule has 1 radical (unpaired) electrons. The second-order valence-corrected chi connectivity index (χ2v) is 5.54. The standard InChI is InChI=1S/C16H22NO4/c1-5-20-14(18)13(11-12-9-7-6-8-10-12)17-15(19)21-16(2,3)4/h6-9,13H,5,11H2,1-4H3,(H,17,19)/t13-/m0/s1. The van der Waals surface area contributed by atoms with Gasteiger partial charge in [-0.25, -0.2) is 9.59 Å². The van der Waals surface area contributed by atoms with Crippen LogP contribution in [0.4, 0.5) is 4.79 Å². The summed E-state index contributed by atoms with van der Waals surface area (Å²) in [5.74, 6) is -0.486. The Kier molecular flexibility index (Phi) is 6.21. The van der Waals surface area contributed by atoms with E-state index in [9.17, 15) is 9.59 Å². The van der Waals surface area contributed by atoms with Gasteiger partial charge in [-0.1, -0.05) is 24.3 Å². The van der Waals surface area contributed by atoms with Crippen LogP contribution in [0.3, 0.4) is 0 Å². The van der Waals surface area contributed by atoms with Gasteiger partial charge in [0.15, 0.2) is 0 Å². The lowest BCUT2D eigenvalue weighted by molar-refractivity contribution is -0.145. The van der Waals surface area contributed by atoms with Crippen molar-refractivity contribution in [2.75, 3.05) is 6.61 Å². The number of ether oxygens (including phenoxy) is 2. The fourth-order valence-corrected chi connectivity index (χ4v) is 1.66. The molecule has 5 heteroatoms. The zero-order valence-corrected chi connectivity index (χ0v) is 12.9. The summed E-state index contributed by atoms with van der Waals surface area (Å²) in [5, 5.41) is 2.55. The van der Waals surface area contributed by atoms with E-state index >= 15 is 0 Å². The normalized spacial score (nSPS) is 12.4. The number of hydrogen-bond donors (Lipinski definition) is 1. The fourth-order valence-electron chi connectivity index (χ4n) is 1.66. The molecule has 0 heterocycles. The average Bonchev–Trinajstić information content (AvgIpc) is 2.37. The molecule has 1 N–H and O–H groups in total. The minimum absolute atomic E-state index is 0.254. The molecule has 0 aromatic heterocycles. The fraction of sp³-hybridized carbons (Fsp3) is 0.500. The van der Waals surface area contributed by atoms with Gasteiger partial charge in [0, 0.05) is 6.42 Å². The van der Waals surface area contributed by atoms with Crippen LogP contribution < -0.4 is 5.32 Å². The Labute approximate surface area is 125 Å². The second-order valence-electron chi connectivity index (χ2n) is 5.54. The van der Waals surface area contributed by atoms with E-state index in [1.54, 1.807) is 33.8 Å². The quantitative estimate of drug-likeness (QED) is 0.847. The highest BCUT2D eigenvalue weighted by Gasteiger charge is 2.25. The molecule has 0 aliphatic rings. The molecule has 0 fully saturated rings. The Morgan fingerprint density at radius 1 is 1.33 bits per heavy atom. The van der Waals surface area contributed by atoms with Gasteiger partial charge in [0.25, 0.3) is 0 Å². The van der Waals surface area contributed by atoms with Crippen molar-refractivity contribution in [1.29, 1.82) is 0 Å². The highest BCUT2D eigenvalue weighted by molar-refractivity contribution is 5.81. The van der Waals surface area contributed by atoms with Gasteiger partial charge in [-0.2, -0.15) is 0 Å². The summed E-state index contributed by atoms with van der Waals surface area (Å²) < 4.78 is 10.2. The number of benzene rings is 1. The smallest absolute Gasteiger partial charge is 0.408 e. The maximum atomic E-state index is 11.9. The summed E-state index contributed by atoms with van der Waals surface area (Å²) in [6, 6.07) is 9.50. The van der Waals surface area contributed by atoms with Crippen LogP contribution in [-0.4, -0.2) is 30.3 Å². The average molecular weight is 292 g/mol. The first-order valence-corrected chi connectivity index (χ1v) is 6.93. The first kappa shape index (κ1) is 17.0. The lowest BCUT2D eigenvalue weighted by Crippen LogP contribution is -2.45. The van der Waals surface area contributed by atoms with E-state index in [1.807, 2.05) is 18.2 Å². The number of carbonyl (C=O) groups is 2. The predicted octanol–water partition coefficient (Wildman–Crippen LogP) is 2.49.